The third-order valence-corrected chi connectivity index (χ3v) is 3.11. The number of rotatable bonds is 5. The van der Waals surface area contributed by atoms with Crippen molar-refractivity contribution in [3.8, 4) is 0 Å². The fraction of sp³-hybridized carbons (Fsp3) is 0.600. The number of carbonyl (C=O) groups excluding carboxylic acids is 4. The number of halogens is 1. The quantitative estimate of drug-likeness (QED) is 0.209. The van der Waals surface area contributed by atoms with Gasteiger partial charge in [0.1, 0.15) is 0 Å². The van der Waals surface area contributed by atoms with Gasteiger partial charge < -0.3 is 18.9 Å². The molecule has 0 radical (unpaired) electrons. The summed E-state index contributed by atoms with van der Waals surface area (Å²) in [4.78, 5) is 43.7. The Hall–Kier alpha value is -1.39. The molecular formula is C10H11IO8. The summed E-state index contributed by atoms with van der Waals surface area (Å²) in [6.07, 6.45) is -3.55. The molecule has 1 rings (SSSR count). The molecule has 4 atom stereocenters. The van der Waals surface area contributed by atoms with Crippen LogP contribution in [0.5, 0.6) is 0 Å². The molecule has 1 heterocycles. The van der Waals surface area contributed by atoms with E-state index in [1.807, 2.05) is 0 Å². The lowest BCUT2D eigenvalue weighted by molar-refractivity contribution is -0.163. The van der Waals surface area contributed by atoms with Crippen molar-refractivity contribution in [2.45, 2.75) is 36.3 Å². The fourth-order valence-electron chi connectivity index (χ4n) is 1.51. The summed E-state index contributed by atoms with van der Waals surface area (Å²) >= 11 is 1.71. The van der Waals surface area contributed by atoms with Crippen molar-refractivity contribution in [3.63, 3.8) is 0 Å². The molecule has 0 aromatic heterocycles. The summed E-state index contributed by atoms with van der Waals surface area (Å²) in [5.74, 6) is -2.17. The van der Waals surface area contributed by atoms with Gasteiger partial charge in [0.15, 0.2) is 16.3 Å². The van der Waals surface area contributed by atoms with E-state index in [4.69, 9.17) is 18.9 Å². The Morgan fingerprint density at radius 3 is 2.47 bits per heavy atom. The highest BCUT2D eigenvalue weighted by atomic mass is 127. The number of esters is 3. The first-order chi connectivity index (χ1) is 8.86. The van der Waals surface area contributed by atoms with Gasteiger partial charge >= 0.3 is 17.9 Å². The summed E-state index contributed by atoms with van der Waals surface area (Å²) < 4.78 is 18.3. The first-order valence-corrected chi connectivity index (χ1v) is 6.39. The molecule has 1 saturated heterocycles. The van der Waals surface area contributed by atoms with Crippen LogP contribution in [-0.4, -0.2) is 46.8 Å². The van der Waals surface area contributed by atoms with E-state index in [1.165, 1.54) is 6.92 Å². The van der Waals surface area contributed by atoms with E-state index >= 15 is 0 Å². The molecule has 0 aliphatic carbocycles. The Balaban J connectivity index is 2.86. The molecule has 0 N–H and O–H groups in total. The van der Waals surface area contributed by atoms with Gasteiger partial charge in [0, 0.05) is 13.8 Å². The number of ether oxygens (including phenoxy) is 4. The van der Waals surface area contributed by atoms with E-state index in [0.29, 0.717) is 0 Å². The number of carbonyl (C=O) groups is 4. The van der Waals surface area contributed by atoms with Crippen molar-refractivity contribution < 1.29 is 38.1 Å². The molecule has 0 spiro atoms. The van der Waals surface area contributed by atoms with Gasteiger partial charge in [0.2, 0.25) is 6.10 Å². The molecule has 0 bridgehead atoms. The lowest BCUT2D eigenvalue weighted by Crippen LogP contribution is -2.41. The average Bonchev–Trinajstić information content (AvgIpc) is 2.56. The lowest BCUT2D eigenvalue weighted by Gasteiger charge is -2.22. The topological polar surface area (TPSA) is 105 Å². The van der Waals surface area contributed by atoms with Gasteiger partial charge in [0.05, 0.1) is 0 Å². The second-order valence-electron chi connectivity index (χ2n) is 3.59. The van der Waals surface area contributed by atoms with Crippen molar-refractivity contribution in [3.05, 3.63) is 0 Å². The Morgan fingerprint density at radius 2 is 2.00 bits per heavy atom. The van der Waals surface area contributed by atoms with Crippen molar-refractivity contribution in [1.29, 1.82) is 0 Å². The molecule has 106 valence electrons. The van der Waals surface area contributed by atoms with E-state index in [2.05, 4.69) is 0 Å². The first kappa shape index (κ1) is 15.7. The van der Waals surface area contributed by atoms with Crippen molar-refractivity contribution >= 4 is 47.0 Å². The van der Waals surface area contributed by atoms with Gasteiger partial charge in [-0.2, -0.15) is 0 Å². The van der Waals surface area contributed by atoms with Gasteiger partial charge in [-0.25, -0.2) is 4.79 Å². The third-order valence-electron chi connectivity index (χ3n) is 2.15. The molecule has 0 amide bonds. The van der Waals surface area contributed by atoms with E-state index < -0.39 is 40.3 Å². The highest BCUT2D eigenvalue weighted by Crippen LogP contribution is 2.28. The molecule has 8 nitrogen and oxygen atoms in total. The minimum atomic E-state index is -1.36. The van der Waals surface area contributed by atoms with Crippen LogP contribution in [0.4, 0.5) is 0 Å². The molecule has 9 heteroatoms. The van der Waals surface area contributed by atoms with Crippen LogP contribution in [0.3, 0.4) is 0 Å². The Kier molecular flexibility index (Phi) is 5.51. The molecule has 0 aromatic carbocycles. The summed E-state index contributed by atoms with van der Waals surface area (Å²) in [7, 11) is 0. The van der Waals surface area contributed by atoms with Crippen molar-refractivity contribution in [2.75, 3.05) is 0 Å². The molecular weight excluding hydrogens is 375 g/mol. The number of hydrogen-bond donors (Lipinski definition) is 0. The molecule has 0 aromatic rings. The largest absolute Gasteiger partial charge is 0.456 e. The minimum absolute atomic E-state index is 0.104. The van der Waals surface area contributed by atoms with Crippen LogP contribution in [0.1, 0.15) is 13.8 Å². The van der Waals surface area contributed by atoms with Gasteiger partial charge in [-0.15, -0.1) is 0 Å². The zero-order valence-electron chi connectivity index (χ0n) is 10.0. The van der Waals surface area contributed by atoms with Crippen LogP contribution >= 0.6 is 22.6 Å². The number of cyclic esters (lactones) is 1. The standard InChI is InChI=1S/C10H11IO8/c1-4(13)17-8-6(16-3-12)7(19-10(8)15)9(11)18-5(2)14/h3,6-9H,1-2H3/t6-,7-,8-,9?/m0/s1. The van der Waals surface area contributed by atoms with Crippen LogP contribution in [0.15, 0.2) is 0 Å². The Labute approximate surface area is 121 Å². The third kappa shape index (κ3) is 4.04. The van der Waals surface area contributed by atoms with E-state index in [9.17, 15) is 19.2 Å². The smallest absolute Gasteiger partial charge is 0.352 e. The van der Waals surface area contributed by atoms with Gasteiger partial charge in [-0.05, 0) is 22.6 Å². The SMILES string of the molecule is CC(=O)OC(I)[C@H]1OC(=O)[C@@H](OC(C)=O)[C@H]1OC=O. The van der Waals surface area contributed by atoms with Crippen LogP contribution < -0.4 is 0 Å². The summed E-state index contributed by atoms with van der Waals surface area (Å²) in [6.45, 7) is 2.39. The van der Waals surface area contributed by atoms with E-state index in [0.717, 1.165) is 6.92 Å². The number of hydrogen-bond acceptors (Lipinski definition) is 8. The van der Waals surface area contributed by atoms with Crippen LogP contribution in [0.25, 0.3) is 0 Å². The van der Waals surface area contributed by atoms with E-state index in [-0.39, 0.29) is 6.47 Å². The Bertz CT molecular complexity index is 395. The maximum atomic E-state index is 11.6. The highest BCUT2D eigenvalue weighted by molar-refractivity contribution is 14.1. The molecule has 0 saturated carbocycles. The molecule has 1 fully saturated rings. The fourth-order valence-corrected chi connectivity index (χ4v) is 2.42. The zero-order valence-corrected chi connectivity index (χ0v) is 12.2. The molecule has 1 aliphatic heterocycles. The summed E-state index contributed by atoms with van der Waals surface area (Å²) in [5.41, 5.74) is 0. The van der Waals surface area contributed by atoms with Gasteiger partial charge in [0.25, 0.3) is 6.47 Å². The van der Waals surface area contributed by atoms with Gasteiger partial charge in [-0.1, -0.05) is 0 Å². The van der Waals surface area contributed by atoms with Crippen LogP contribution in [-0.2, 0) is 38.1 Å². The Morgan fingerprint density at radius 1 is 1.37 bits per heavy atom. The van der Waals surface area contributed by atoms with Gasteiger partial charge in [-0.3, -0.25) is 14.4 Å². The maximum Gasteiger partial charge on any atom is 0.352 e. The molecule has 19 heavy (non-hydrogen) atoms. The van der Waals surface area contributed by atoms with Crippen molar-refractivity contribution in [2.24, 2.45) is 0 Å². The zero-order chi connectivity index (χ0) is 14.6. The second kappa shape index (κ2) is 6.68. The predicted molar refractivity (Wildman–Crippen MR) is 65.9 cm³/mol. The molecule has 1 aliphatic rings. The first-order valence-electron chi connectivity index (χ1n) is 5.15. The molecule has 1 unspecified atom stereocenters. The monoisotopic (exact) mass is 386 g/mol. The normalized spacial score (nSPS) is 27.1. The lowest BCUT2D eigenvalue weighted by atomic mass is 10.1. The highest BCUT2D eigenvalue weighted by Gasteiger charge is 2.52. The second-order valence-corrected chi connectivity index (χ2v) is 4.82. The van der Waals surface area contributed by atoms with Crippen molar-refractivity contribution in [1.82, 2.24) is 0 Å². The number of alkyl halides is 1. The minimum Gasteiger partial charge on any atom is -0.456 e. The summed E-state index contributed by atoms with van der Waals surface area (Å²) in [5, 5.41) is 0. The predicted octanol–water partition coefficient (Wildman–Crippen LogP) is -0.291. The maximum absolute atomic E-state index is 11.6. The summed E-state index contributed by atoms with van der Waals surface area (Å²) in [6, 6.07) is 0. The van der Waals surface area contributed by atoms with Crippen LogP contribution in [0, 0.1) is 0 Å². The van der Waals surface area contributed by atoms with E-state index in [1.54, 1.807) is 22.6 Å². The average molecular weight is 386 g/mol. The van der Waals surface area contributed by atoms with Crippen LogP contribution in [0.2, 0.25) is 0 Å².